The van der Waals surface area contributed by atoms with Crippen molar-refractivity contribution in [3.63, 3.8) is 0 Å². The molecule has 5 heteroatoms. The molecule has 0 fully saturated rings. The molecule has 0 bridgehead atoms. The summed E-state index contributed by atoms with van der Waals surface area (Å²) in [4.78, 5) is 17.9. The summed E-state index contributed by atoms with van der Waals surface area (Å²) in [5, 5.41) is 10.4. The largest absolute Gasteiger partial charge is 0.319 e. The van der Waals surface area contributed by atoms with Gasteiger partial charge < -0.3 is 4.98 Å². The number of hydrogen-bond donors (Lipinski definition) is 1. The van der Waals surface area contributed by atoms with Crippen LogP contribution in [0, 0.1) is 11.3 Å². The van der Waals surface area contributed by atoms with Gasteiger partial charge in [-0.25, -0.2) is 4.98 Å². The number of thiazole rings is 1. The van der Waals surface area contributed by atoms with Crippen LogP contribution < -0.4 is 5.56 Å². The van der Waals surface area contributed by atoms with E-state index in [1.807, 2.05) is 5.38 Å². The summed E-state index contributed by atoms with van der Waals surface area (Å²) in [6, 6.07) is 4.98. The number of rotatable bonds is 1. The molecule has 0 aliphatic rings. The third kappa shape index (κ3) is 1.43. The lowest BCUT2D eigenvalue weighted by molar-refractivity contribution is 1.20. The highest BCUT2D eigenvalue weighted by Gasteiger charge is 2.03. The lowest BCUT2D eigenvalue weighted by atomic mass is 10.2. The van der Waals surface area contributed by atoms with E-state index in [1.165, 1.54) is 17.4 Å². The zero-order chi connectivity index (χ0) is 9.97. The van der Waals surface area contributed by atoms with Crippen LogP contribution in [0.25, 0.3) is 11.4 Å². The van der Waals surface area contributed by atoms with E-state index in [1.54, 1.807) is 17.6 Å². The standard InChI is InChI=1S/C9H5N3OS/c10-3-6-1-2-7(12-9(6)13)8-4-14-5-11-8/h1-2,4-5H,(H,12,13). The minimum atomic E-state index is -0.377. The lowest BCUT2D eigenvalue weighted by Crippen LogP contribution is -2.10. The minimum Gasteiger partial charge on any atom is -0.319 e. The van der Waals surface area contributed by atoms with Gasteiger partial charge in [-0.05, 0) is 12.1 Å². The fourth-order valence-electron chi connectivity index (χ4n) is 1.06. The van der Waals surface area contributed by atoms with Gasteiger partial charge in [-0.3, -0.25) is 4.79 Å². The molecular formula is C9H5N3OS. The van der Waals surface area contributed by atoms with Gasteiger partial charge in [0.2, 0.25) is 0 Å². The lowest BCUT2D eigenvalue weighted by Gasteiger charge is -1.95. The van der Waals surface area contributed by atoms with Crippen molar-refractivity contribution in [3.05, 3.63) is 38.9 Å². The van der Waals surface area contributed by atoms with E-state index in [9.17, 15) is 4.79 Å². The van der Waals surface area contributed by atoms with E-state index < -0.39 is 0 Å². The van der Waals surface area contributed by atoms with E-state index in [2.05, 4.69) is 9.97 Å². The van der Waals surface area contributed by atoms with Crippen molar-refractivity contribution in [2.45, 2.75) is 0 Å². The van der Waals surface area contributed by atoms with Gasteiger partial charge in [-0.1, -0.05) is 0 Å². The molecule has 0 spiro atoms. The molecule has 0 aromatic carbocycles. The number of aromatic nitrogens is 2. The van der Waals surface area contributed by atoms with E-state index >= 15 is 0 Å². The van der Waals surface area contributed by atoms with Crippen LogP contribution in [-0.2, 0) is 0 Å². The zero-order valence-electron chi connectivity index (χ0n) is 7.02. The maximum atomic E-state index is 11.3. The number of nitrogens with one attached hydrogen (secondary N) is 1. The van der Waals surface area contributed by atoms with Crippen molar-refractivity contribution in [3.8, 4) is 17.5 Å². The number of nitriles is 1. The molecule has 0 unspecified atom stereocenters. The van der Waals surface area contributed by atoms with Gasteiger partial charge in [-0.15, -0.1) is 11.3 Å². The van der Waals surface area contributed by atoms with Gasteiger partial charge in [0.1, 0.15) is 11.6 Å². The number of nitrogens with zero attached hydrogens (tertiary/aromatic N) is 2. The summed E-state index contributed by atoms with van der Waals surface area (Å²) < 4.78 is 0. The molecular weight excluding hydrogens is 198 g/mol. The van der Waals surface area contributed by atoms with Crippen LogP contribution in [0.5, 0.6) is 0 Å². The van der Waals surface area contributed by atoms with Crippen LogP contribution in [0.4, 0.5) is 0 Å². The molecule has 2 aromatic heterocycles. The Bertz CT molecular complexity index is 536. The van der Waals surface area contributed by atoms with Crippen molar-refractivity contribution in [1.29, 1.82) is 5.26 Å². The summed E-state index contributed by atoms with van der Waals surface area (Å²) in [7, 11) is 0. The molecule has 2 aromatic rings. The van der Waals surface area contributed by atoms with Crippen molar-refractivity contribution >= 4 is 11.3 Å². The molecule has 2 heterocycles. The second kappa shape index (κ2) is 3.44. The first-order valence-electron chi connectivity index (χ1n) is 3.83. The van der Waals surface area contributed by atoms with Gasteiger partial charge in [-0.2, -0.15) is 5.26 Å². The van der Waals surface area contributed by atoms with Gasteiger partial charge in [0, 0.05) is 5.38 Å². The summed E-state index contributed by atoms with van der Waals surface area (Å²) in [5.74, 6) is 0. The first kappa shape index (κ1) is 8.66. The molecule has 0 aliphatic heterocycles. The van der Waals surface area contributed by atoms with Crippen LogP contribution in [0.1, 0.15) is 5.56 Å². The number of aromatic amines is 1. The first-order valence-corrected chi connectivity index (χ1v) is 4.77. The third-order valence-corrected chi connectivity index (χ3v) is 2.32. The van der Waals surface area contributed by atoms with E-state index in [0.717, 1.165) is 5.69 Å². The Kier molecular flexibility index (Phi) is 2.13. The van der Waals surface area contributed by atoms with E-state index in [0.29, 0.717) is 5.69 Å². The summed E-state index contributed by atoms with van der Waals surface area (Å²) in [5.41, 5.74) is 2.78. The van der Waals surface area contributed by atoms with Gasteiger partial charge in [0.05, 0.1) is 16.9 Å². The summed E-state index contributed by atoms with van der Waals surface area (Å²) in [6.07, 6.45) is 0. The van der Waals surface area contributed by atoms with Gasteiger partial charge in [0.15, 0.2) is 0 Å². The molecule has 0 aliphatic carbocycles. The second-order valence-corrected chi connectivity index (χ2v) is 3.32. The summed E-state index contributed by atoms with van der Waals surface area (Å²) >= 11 is 1.45. The predicted octanol–water partition coefficient (Wildman–Crippen LogP) is 1.37. The third-order valence-electron chi connectivity index (χ3n) is 1.74. The molecule has 2 rings (SSSR count). The zero-order valence-corrected chi connectivity index (χ0v) is 7.84. The Labute approximate surface area is 83.5 Å². The monoisotopic (exact) mass is 203 g/mol. The van der Waals surface area contributed by atoms with E-state index in [4.69, 9.17) is 5.26 Å². The smallest absolute Gasteiger partial charge is 0.266 e. The predicted molar refractivity (Wildman–Crippen MR) is 52.9 cm³/mol. The maximum Gasteiger partial charge on any atom is 0.266 e. The fourth-order valence-corrected chi connectivity index (χ4v) is 1.61. The fraction of sp³-hybridized carbons (Fsp3) is 0. The van der Waals surface area contributed by atoms with Crippen molar-refractivity contribution < 1.29 is 0 Å². The van der Waals surface area contributed by atoms with Crippen LogP contribution in [-0.4, -0.2) is 9.97 Å². The number of hydrogen-bond acceptors (Lipinski definition) is 4. The van der Waals surface area contributed by atoms with Crippen molar-refractivity contribution in [2.75, 3.05) is 0 Å². The molecule has 0 amide bonds. The van der Waals surface area contributed by atoms with Crippen LogP contribution in [0.15, 0.2) is 27.8 Å². The molecule has 0 atom stereocenters. The second-order valence-electron chi connectivity index (χ2n) is 2.60. The quantitative estimate of drug-likeness (QED) is 0.761. The Hall–Kier alpha value is -1.93. The summed E-state index contributed by atoms with van der Waals surface area (Å²) in [6.45, 7) is 0. The maximum absolute atomic E-state index is 11.3. The molecule has 0 saturated heterocycles. The molecule has 14 heavy (non-hydrogen) atoms. The molecule has 1 N–H and O–H groups in total. The van der Waals surface area contributed by atoms with Crippen LogP contribution in [0.2, 0.25) is 0 Å². The highest BCUT2D eigenvalue weighted by Crippen LogP contribution is 2.14. The molecule has 4 nitrogen and oxygen atoms in total. The highest BCUT2D eigenvalue weighted by atomic mass is 32.1. The Morgan fingerprint density at radius 1 is 1.50 bits per heavy atom. The molecule has 0 saturated carbocycles. The topological polar surface area (TPSA) is 69.5 Å². The van der Waals surface area contributed by atoms with E-state index in [-0.39, 0.29) is 11.1 Å². The van der Waals surface area contributed by atoms with Crippen molar-refractivity contribution in [1.82, 2.24) is 9.97 Å². The SMILES string of the molecule is N#Cc1ccc(-c2cscn2)[nH]c1=O. The Morgan fingerprint density at radius 3 is 2.93 bits per heavy atom. The average Bonchev–Trinajstić information content (AvgIpc) is 2.70. The Morgan fingerprint density at radius 2 is 2.36 bits per heavy atom. The van der Waals surface area contributed by atoms with Crippen molar-refractivity contribution in [2.24, 2.45) is 0 Å². The first-order chi connectivity index (χ1) is 6.81. The van der Waals surface area contributed by atoms with Gasteiger partial charge in [0.25, 0.3) is 5.56 Å². The van der Waals surface area contributed by atoms with Gasteiger partial charge >= 0.3 is 0 Å². The normalized spacial score (nSPS) is 9.64. The average molecular weight is 203 g/mol. The number of H-pyrrole nitrogens is 1. The number of pyridine rings is 1. The molecule has 0 radical (unpaired) electrons. The van der Waals surface area contributed by atoms with Crippen LogP contribution >= 0.6 is 11.3 Å². The van der Waals surface area contributed by atoms with Crippen LogP contribution in [0.3, 0.4) is 0 Å². The Balaban J connectivity index is 2.55. The minimum absolute atomic E-state index is 0.115. The molecule has 68 valence electrons. The highest BCUT2D eigenvalue weighted by molar-refractivity contribution is 7.07.